The standard InChI is InChI=1S/C40H51FN4O/c1-29-12-11-25-45(28-29)39-36(26-30-13-7-5-8-14-30)43-38(46-39)37(44(4)35-15-9-6-10-16-35)27-31-17-19-32(20-18-31)40(2,42-3)33-21-23-34(41)24-22-33/h5-10,13-16,21-24,29,31-32,37,42H,11-12,17-20,25-28H2,1-4H3. The molecule has 1 N–H and O–H groups in total. The number of hydrogen-bond donors (Lipinski definition) is 1. The summed E-state index contributed by atoms with van der Waals surface area (Å²) in [4.78, 5) is 10.2. The number of rotatable bonds is 11. The van der Waals surface area contributed by atoms with E-state index in [1.807, 2.05) is 19.2 Å². The van der Waals surface area contributed by atoms with Gasteiger partial charge in [0.1, 0.15) is 17.6 Å². The molecular formula is C40H51FN4O. The van der Waals surface area contributed by atoms with Gasteiger partial charge in [-0.05, 0) is 99.2 Å². The van der Waals surface area contributed by atoms with E-state index in [4.69, 9.17) is 9.40 Å². The summed E-state index contributed by atoms with van der Waals surface area (Å²) in [6, 6.07) is 28.4. The van der Waals surface area contributed by atoms with Gasteiger partial charge in [0.15, 0.2) is 0 Å². The molecule has 0 amide bonds. The zero-order valence-corrected chi connectivity index (χ0v) is 28.1. The Morgan fingerprint density at radius 2 is 1.63 bits per heavy atom. The number of halogens is 1. The van der Waals surface area contributed by atoms with Crippen molar-refractivity contribution < 1.29 is 8.81 Å². The zero-order chi connectivity index (χ0) is 32.1. The predicted octanol–water partition coefficient (Wildman–Crippen LogP) is 9.15. The average molecular weight is 623 g/mol. The van der Waals surface area contributed by atoms with E-state index in [0.717, 1.165) is 74.6 Å². The topological polar surface area (TPSA) is 44.5 Å². The van der Waals surface area contributed by atoms with Crippen molar-refractivity contribution in [2.75, 3.05) is 37.0 Å². The van der Waals surface area contributed by atoms with Crippen molar-refractivity contribution in [2.45, 2.75) is 76.8 Å². The number of nitrogens with zero attached hydrogens (tertiary/aromatic N) is 3. The Labute approximate surface area is 275 Å². The molecule has 4 aromatic rings. The number of piperidine rings is 1. The van der Waals surface area contributed by atoms with Crippen molar-refractivity contribution in [1.29, 1.82) is 0 Å². The van der Waals surface area contributed by atoms with Crippen LogP contribution in [0.2, 0.25) is 0 Å². The first-order valence-corrected chi connectivity index (χ1v) is 17.4. The monoisotopic (exact) mass is 622 g/mol. The molecule has 6 heteroatoms. The Kier molecular flexibility index (Phi) is 10.1. The molecule has 2 heterocycles. The minimum Gasteiger partial charge on any atom is -0.423 e. The largest absolute Gasteiger partial charge is 0.423 e. The number of aromatic nitrogens is 1. The summed E-state index contributed by atoms with van der Waals surface area (Å²) in [5.74, 6) is 3.30. The maximum Gasteiger partial charge on any atom is 0.220 e. The van der Waals surface area contributed by atoms with Gasteiger partial charge in [0.05, 0.1) is 0 Å². The maximum absolute atomic E-state index is 13.7. The molecule has 3 atom stereocenters. The van der Waals surface area contributed by atoms with Crippen LogP contribution in [0.1, 0.15) is 87.5 Å². The summed E-state index contributed by atoms with van der Waals surface area (Å²) in [7, 11) is 4.23. The third kappa shape index (κ3) is 7.17. The smallest absolute Gasteiger partial charge is 0.220 e. The van der Waals surface area contributed by atoms with E-state index in [1.165, 1.54) is 24.1 Å². The fourth-order valence-corrected chi connectivity index (χ4v) is 7.97. The Morgan fingerprint density at radius 3 is 2.28 bits per heavy atom. The van der Waals surface area contributed by atoms with Crippen molar-refractivity contribution >= 4 is 11.6 Å². The van der Waals surface area contributed by atoms with Crippen LogP contribution in [0.5, 0.6) is 0 Å². The molecule has 1 saturated heterocycles. The molecule has 2 aliphatic rings. The highest BCUT2D eigenvalue weighted by atomic mass is 19.1. The zero-order valence-electron chi connectivity index (χ0n) is 28.1. The fraction of sp³-hybridized carbons (Fsp3) is 0.475. The molecule has 0 spiro atoms. The molecule has 1 saturated carbocycles. The number of nitrogens with one attached hydrogen (secondary N) is 1. The van der Waals surface area contributed by atoms with Gasteiger partial charge in [-0.3, -0.25) is 0 Å². The highest BCUT2D eigenvalue weighted by Gasteiger charge is 2.39. The first-order chi connectivity index (χ1) is 22.3. The number of benzene rings is 3. The second-order valence-electron chi connectivity index (χ2n) is 14.0. The van der Waals surface area contributed by atoms with Gasteiger partial charge in [-0.25, -0.2) is 9.37 Å². The molecule has 1 aromatic heterocycles. The molecule has 244 valence electrons. The van der Waals surface area contributed by atoms with Gasteiger partial charge >= 0.3 is 0 Å². The average Bonchev–Trinajstić information content (AvgIpc) is 3.51. The normalized spacial score (nSPS) is 22.3. The van der Waals surface area contributed by atoms with Crippen molar-refractivity contribution in [3.63, 3.8) is 0 Å². The van der Waals surface area contributed by atoms with Crippen molar-refractivity contribution in [1.82, 2.24) is 10.3 Å². The van der Waals surface area contributed by atoms with E-state index >= 15 is 0 Å². The number of anilines is 2. The minimum absolute atomic E-state index is 0.0298. The van der Waals surface area contributed by atoms with Gasteiger partial charge in [0.2, 0.25) is 11.8 Å². The van der Waals surface area contributed by atoms with Crippen LogP contribution < -0.4 is 15.1 Å². The van der Waals surface area contributed by atoms with Gasteiger partial charge in [-0.1, -0.05) is 80.4 Å². The second kappa shape index (κ2) is 14.4. The summed E-state index contributed by atoms with van der Waals surface area (Å²) in [5, 5.41) is 3.61. The number of hydrogen-bond acceptors (Lipinski definition) is 5. The Hall–Kier alpha value is -3.64. The van der Waals surface area contributed by atoms with E-state index in [1.54, 1.807) is 12.1 Å². The van der Waals surface area contributed by atoms with Crippen molar-refractivity contribution in [2.24, 2.45) is 17.8 Å². The third-order valence-electron chi connectivity index (χ3n) is 11.0. The van der Waals surface area contributed by atoms with Gasteiger partial charge in [0.25, 0.3) is 0 Å². The molecule has 0 radical (unpaired) electrons. The third-order valence-corrected chi connectivity index (χ3v) is 11.0. The van der Waals surface area contributed by atoms with E-state index < -0.39 is 0 Å². The van der Waals surface area contributed by atoms with Gasteiger partial charge in [-0.2, -0.15) is 0 Å². The van der Waals surface area contributed by atoms with Crippen LogP contribution in [0.3, 0.4) is 0 Å². The Morgan fingerprint density at radius 1 is 0.957 bits per heavy atom. The van der Waals surface area contributed by atoms with Crippen LogP contribution >= 0.6 is 0 Å². The quantitative estimate of drug-likeness (QED) is 0.181. The molecule has 2 fully saturated rings. The summed E-state index contributed by atoms with van der Waals surface area (Å²) in [5.41, 5.74) is 4.46. The van der Waals surface area contributed by atoms with Crippen LogP contribution in [0.25, 0.3) is 0 Å². The van der Waals surface area contributed by atoms with Gasteiger partial charge < -0.3 is 19.5 Å². The molecule has 3 unspecified atom stereocenters. The van der Waals surface area contributed by atoms with Crippen LogP contribution in [0.4, 0.5) is 16.0 Å². The SMILES string of the molecule is CNC(C)(c1ccc(F)cc1)C1CCC(CC(c2nc(Cc3ccccc3)c(N3CCCC(C)C3)o2)N(C)c2ccccc2)CC1. The molecule has 6 rings (SSSR count). The van der Waals surface area contributed by atoms with Crippen LogP contribution in [0.15, 0.2) is 89.3 Å². The van der Waals surface area contributed by atoms with E-state index in [0.29, 0.717) is 17.8 Å². The maximum atomic E-state index is 13.7. The fourth-order valence-electron chi connectivity index (χ4n) is 7.97. The lowest BCUT2D eigenvalue weighted by molar-refractivity contribution is 0.149. The van der Waals surface area contributed by atoms with Crippen LogP contribution in [-0.2, 0) is 12.0 Å². The van der Waals surface area contributed by atoms with E-state index in [2.05, 4.69) is 96.7 Å². The molecule has 1 aliphatic heterocycles. The lowest BCUT2D eigenvalue weighted by Crippen LogP contribution is -2.45. The van der Waals surface area contributed by atoms with Crippen LogP contribution in [0, 0.1) is 23.6 Å². The first kappa shape index (κ1) is 32.3. The lowest BCUT2D eigenvalue weighted by atomic mass is 9.69. The number of oxazole rings is 1. The second-order valence-corrected chi connectivity index (χ2v) is 14.0. The lowest BCUT2D eigenvalue weighted by Gasteiger charge is -2.43. The highest BCUT2D eigenvalue weighted by molar-refractivity contribution is 5.49. The molecule has 5 nitrogen and oxygen atoms in total. The molecule has 0 bridgehead atoms. The van der Waals surface area contributed by atoms with Crippen molar-refractivity contribution in [3.05, 3.63) is 113 Å². The summed E-state index contributed by atoms with van der Waals surface area (Å²) in [6.07, 6.45) is 8.76. The van der Waals surface area contributed by atoms with Crippen LogP contribution in [-0.4, -0.2) is 32.2 Å². The molecule has 3 aromatic carbocycles. The first-order valence-electron chi connectivity index (χ1n) is 17.4. The predicted molar refractivity (Wildman–Crippen MR) is 187 cm³/mol. The van der Waals surface area contributed by atoms with Crippen molar-refractivity contribution in [3.8, 4) is 0 Å². The summed E-state index contributed by atoms with van der Waals surface area (Å²) >= 11 is 0. The highest BCUT2D eigenvalue weighted by Crippen LogP contribution is 2.44. The van der Waals surface area contributed by atoms with E-state index in [-0.39, 0.29) is 17.4 Å². The summed E-state index contributed by atoms with van der Waals surface area (Å²) < 4.78 is 20.7. The van der Waals surface area contributed by atoms with Gasteiger partial charge in [-0.15, -0.1) is 0 Å². The van der Waals surface area contributed by atoms with Gasteiger partial charge in [0, 0.05) is 37.8 Å². The molecule has 46 heavy (non-hydrogen) atoms. The minimum atomic E-state index is -0.186. The Balaban J connectivity index is 1.27. The molecule has 1 aliphatic carbocycles. The summed E-state index contributed by atoms with van der Waals surface area (Å²) in [6.45, 7) is 6.65. The molecular weight excluding hydrogens is 571 g/mol. The number of para-hydroxylation sites is 1. The van der Waals surface area contributed by atoms with E-state index in [9.17, 15) is 4.39 Å². The Bertz CT molecular complexity index is 1520.